The zero-order chi connectivity index (χ0) is 20.9. The molecule has 0 aliphatic carbocycles. The van der Waals surface area contributed by atoms with Gasteiger partial charge in [-0.1, -0.05) is 6.07 Å². The number of aliphatic hydroxyl groups is 1. The second kappa shape index (κ2) is 9.07. The molecule has 0 spiro atoms. The molecule has 154 valence electrons. The molecule has 3 aromatic rings. The monoisotopic (exact) mass is 417 g/mol. The van der Waals surface area contributed by atoms with Gasteiger partial charge in [-0.05, 0) is 43.9 Å². The van der Waals surface area contributed by atoms with Crippen molar-refractivity contribution in [2.45, 2.75) is 31.1 Å². The molecule has 0 bridgehead atoms. The number of nitrogens with one attached hydrogen (secondary N) is 1. The van der Waals surface area contributed by atoms with Crippen LogP contribution in [-0.4, -0.2) is 51.4 Å². The Kier molecular flexibility index (Phi) is 6.52. The number of hydrogen-bond acceptors (Lipinski definition) is 8. The largest absolute Gasteiger partial charge is 0.396 e. The Bertz CT molecular complexity index is 1070. The summed E-state index contributed by atoms with van der Waals surface area (Å²) in [6, 6.07) is 4.84. The summed E-state index contributed by atoms with van der Waals surface area (Å²) in [5.74, 6) is 0.500. The molecule has 0 saturated carbocycles. The molecule has 10 nitrogen and oxygen atoms in total. The average Bonchev–Trinajstić information content (AvgIpc) is 3.23. The lowest BCUT2D eigenvalue weighted by Crippen LogP contribution is -2.25. The minimum absolute atomic E-state index is 0.104. The molecule has 0 atom stereocenters. The van der Waals surface area contributed by atoms with Crippen LogP contribution in [0.1, 0.15) is 24.8 Å². The van der Waals surface area contributed by atoms with Crippen LogP contribution in [0.15, 0.2) is 41.9 Å². The average molecular weight is 417 g/mol. The quantitative estimate of drug-likeness (QED) is 0.438. The Morgan fingerprint density at radius 3 is 2.79 bits per heavy atom. The molecule has 3 rings (SSSR count). The predicted octanol–water partition coefficient (Wildman–Crippen LogP) is 1.06. The summed E-state index contributed by atoms with van der Waals surface area (Å²) in [4.78, 5) is 12.7. The first-order valence-corrected chi connectivity index (χ1v) is 10.6. The highest BCUT2D eigenvalue weighted by molar-refractivity contribution is 7.89. The number of hydrogen-bond donors (Lipinski definition) is 3. The molecule has 0 amide bonds. The van der Waals surface area contributed by atoms with Crippen molar-refractivity contribution in [3.8, 4) is 17.1 Å². The second-order valence-electron chi connectivity index (χ2n) is 6.46. The van der Waals surface area contributed by atoms with Gasteiger partial charge in [0.15, 0.2) is 11.6 Å². The number of nitrogen functional groups attached to an aromatic ring is 1. The van der Waals surface area contributed by atoms with Gasteiger partial charge in [-0.15, -0.1) is 0 Å². The van der Waals surface area contributed by atoms with E-state index in [-0.39, 0.29) is 17.3 Å². The maximum Gasteiger partial charge on any atom is 0.240 e. The van der Waals surface area contributed by atoms with Gasteiger partial charge in [0.05, 0.1) is 16.8 Å². The number of nitrogens with zero attached hydrogens (tertiary/aromatic N) is 5. The van der Waals surface area contributed by atoms with E-state index in [1.807, 2.05) is 6.92 Å². The van der Waals surface area contributed by atoms with Crippen LogP contribution >= 0.6 is 0 Å². The van der Waals surface area contributed by atoms with Gasteiger partial charge in [0.25, 0.3) is 0 Å². The smallest absolute Gasteiger partial charge is 0.240 e. The molecule has 2 aromatic heterocycles. The van der Waals surface area contributed by atoms with Crippen LogP contribution in [0.25, 0.3) is 17.1 Å². The van der Waals surface area contributed by atoms with Crippen LogP contribution in [0.4, 0.5) is 5.82 Å². The first-order chi connectivity index (χ1) is 13.9. The summed E-state index contributed by atoms with van der Waals surface area (Å²) in [6.45, 7) is 2.28. The zero-order valence-electron chi connectivity index (χ0n) is 16.0. The predicted molar refractivity (Wildman–Crippen MR) is 108 cm³/mol. The van der Waals surface area contributed by atoms with Crippen molar-refractivity contribution >= 4 is 15.8 Å². The lowest BCUT2D eigenvalue weighted by molar-refractivity contribution is 0.283. The highest BCUT2D eigenvalue weighted by Gasteiger charge is 2.17. The Hall–Kier alpha value is -2.89. The summed E-state index contributed by atoms with van der Waals surface area (Å²) in [5, 5.41) is 12.8. The Balaban J connectivity index is 1.89. The summed E-state index contributed by atoms with van der Waals surface area (Å²) >= 11 is 0. The lowest BCUT2D eigenvalue weighted by atomic mass is 10.1. The highest BCUT2D eigenvalue weighted by atomic mass is 32.2. The van der Waals surface area contributed by atoms with Gasteiger partial charge in [-0.25, -0.2) is 28.1 Å². The summed E-state index contributed by atoms with van der Waals surface area (Å²) < 4.78 is 29.2. The van der Waals surface area contributed by atoms with Gasteiger partial charge >= 0.3 is 0 Å². The van der Waals surface area contributed by atoms with Crippen LogP contribution in [-0.2, 0) is 10.0 Å². The maximum atomic E-state index is 12.6. The number of aryl methyl sites for hydroxylation is 1. The molecule has 0 aliphatic rings. The van der Waals surface area contributed by atoms with Crippen molar-refractivity contribution in [1.82, 2.24) is 29.5 Å². The van der Waals surface area contributed by atoms with Gasteiger partial charge in [-0.3, -0.25) is 0 Å². The molecule has 0 unspecified atom stereocenters. The fourth-order valence-corrected chi connectivity index (χ4v) is 3.85. The third kappa shape index (κ3) is 4.94. The molecule has 0 fully saturated rings. The fraction of sp³-hybridized carbons (Fsp3) is 0.333. The third-order valence-corrected chi connectivity index (χ3v) is 5.80. The van der Waals surface area contributed by atoms with Crippen LogP contribution < -0.4 is 10.5 Å². The molecule has 0 radical (unpaired) electrons. The van der Waals surface area contributed by atoms with Gasteiger partial charge < -0.3 is 10.8 Å². The molecule has 1 aromatic carbocycles. The van der Waals surface area contributed by atoms with Crippen molar-refractivity contribution in [3.63, 3.8) is 0 Å². The maximum absolute atomic E-state index is 12.6. The van der Waals surface area contributed by atoms with Crippen molar-refractivity contribution in [3.05, 3.63) is 42.6 Å². The standard InChI is InChI=1S/C18H23N7O3S/c1-13-5-6-14(29(27,28)23-7-3-2-4-8-26)9-15(13)16-10-21-17(19)18(24-16)25-12-20-11-22-25/h5-6,9-12,23,26H,2-4,7-8H2,1H3,(H2,19,21). The van der Waals surface area contributed by atoms with Crippen LogP contribution in [0.2, 0.25) is 0 Å². The summed E-state index contributed by atoms with van der Waals surface area (Å²) in [7, 11) is -3.67. The Morgan fingerprint density at radius 1 is 1.24 bits per heavy atom. The summed E-state index contributed by atoms with van der Waals surface area (Å²) in [6.07, 6.45) is 6.38. The van der Waals surface area contributed by atoms with E-state index in [9.17, 15) is 8.42 Å². The van der Waals surface area contributed by atoms with Crippen molar-refractivity contribution < 1.29 is 13.5 Å². The minimum Gasteiger partial charge on any atom is -0.396 e. The zero-order valence-corrected chi connectivity index (χ0v) is 16.8. The molecule has 4 N–H and O–H groups in total. The van der Waals surface area contributed by atoms with Gasteiger partial charge in [0, 0.05) is 18.7 Å². The molecular weight excluding hydrogens is 394 g/mol. The van der Waals surface area contributed by atoms with Crippen molar-refractivity contribution in [1.29, 1.82) is 0 Å². The van der Waals surface area contributed by atoms with E-state index in [0.29, 0.717) is 36.5 Å². The summed E-state index contributed by atoms with van der Waals surface area (Å²) in [5.41, 5.74) is 7.85. The third-order valence-electron chi connectivity index (χ3n) is 4.34. The fourth-order valence-electron chi connectivity index (χ4n) is 2.75. The Labute approximate surface area is 168 Å². The topological polar surface area (TPSA) is 149 Å². The molecule has 0 aliphatic heterocycles. The number of anilines is 1. The number of aliphatic hydroxyl groups excluding tert-OH is 1. The normalized spacial score (nSPS) is 11.7. The van der Waals surface area contributed by atoms with E-state index in [2.05, 4.69) is 24.8 Å². The van der Waals surface area contributed by atoms with Gasteiger partial charge in [0.2, 0.25) is 10.0 Å². The van der Waals surface area contributed by atoms with Crippen molar-refractivity contribution in [2.24, 2.45) is 0 Å². The van der Waals surface area contributed by atoms with Crippen molar-refractivity contribution in [2.75, 3.05) is 18.9 Å². The number of benzene rings is 1. The number of sulfonamides is 1. The van der Waals surface area contributed by atoms with Gasteiger partial charge in [0.1, 0.15) is 12.7 Å². The van der Waals surface area contributed by atoms with Crippen LogP contribution in [0, 0.1) is 6.92 Å². The van der Waals surface area contributed by atoms with Crippen LogP contribution in [0.3, 0.4) is 0 Å². The van der Waals surface area contributed by atoms with Crippen LogP contribution in [0.5, 0.6) is 0 Å². The highest BCUT2D eigenvalue weighted by Crippen LogP contribution is 2.26. The SMILES string of the molecule is Cc1ccc(S(=O)(=O)NCCCCCO)cc1-c1cnc(N)c(-n2cncn2)n1. The lowest BCUT2D eigenvalue weighted by Gasteiger charge is -2.12. The second-order valence-corrected chi connectivity index (χ2v) is 8.23. The van der Waals surface area contributed by atoms with Gasteiger partial charge in [-0.2, -0.15) is 9.78 Å². The number of aromatic nitrogens is 5. The Morgan fingerprint density at radius 2 is 2.07 bits per heavy atom. The number of nitrogens with two attached hydrogens (primary N) is 1. The van der Waals surface area contributed by atoms with E-state index >= 15 is 0 Å². The molecular formula is C18H23N7O3S. The number of rotatable bonds is 9. The molecule has 0 saturated heterocycles. The first-order valence-electron chi connectivity index (χ1n) is 9.11. The van der Waals surface area contributed by atoms with E-state index in [1.54, 1.807) is 18.2 Å². The van der Waals surface area contributed by atoms with E-state index in [4.69, 9.17) is 10.8 Å². The first kappa shape index (κ1) is 20.8. The molecule has 2 heterocycles. The minimum atomic E-state index is -3.67. The number of unbranched alkanes of at least 4 members (excludes halogenated alkanes) is 2. The molecule has 11 heteroatoms. The van der Waals surface area contributed by atoms with E-state index < -0.39 is 10.0 Å². The molecule has 29 heavy (non-hydrogen) atoms. The van der Waals surface area contributed by atoms with E-state index in [1.165, 1.54) is 23.5 Å². The van der Waals surface area contributed by atoms with E-state index in [0.717, 1.165) is 12.0 Å².